The molecule has 0 N–H and O–H groups in total. The molecule has 144 valence electrons. The molecular weight excluding hydrogens is 399 g/mol. The number of hydrogen-bond acceptors (Lipinski definition) is 4. The van der Waals surface area contributed by atoms with Gasteiger partial charge in [-0.25, -0.2) is 0 Å². The Labute approximate surface area is 172 Å². The number of halogens is 2. The number of carbonyl (C=O) groups excluding carboxylic acids is 1. The van der Waals surface area contributed by atoms with Gasteiger partial charge in [0.15, 0.2) is 5.76 Å². The summed E-state index contributed by atoms with van der Waals surface area (Å²) in [5, 5.41) is 5.37. The highest BCUT2D eigenvalue weighted by Gasteiger charge is 2.27. The van der Waals surface area contributed by atoms with E-state index in [9.17, 15) is 4.79 Å². The second-order valence-electron chi connectivity index (χ2n) is 6.54. The minimum absolute atomic E-state index is 0.0287. The van der Waals surface area contributed by atoms with Gasteiger partial charge in [-0.15, -0.1) is 0 Å². The Morgan fingerprint density at radius 1 is 1.14 bits per heavy atom. The van der Waals surface area contributed by atoms with Crippen LogP contribution in [0.2, 0.25) is 10.0 Å². The fourth-order valence-corrected chi connectivity index (χ4v) is 3.54. The molecule has 1 amide bonds. The summed E-state index contributed by atoms with van der Waals surface area (Å²) in [6.07, 6.45) is 0.950. The molecule has 0 bridgehead atoms. The maximum Gasteiger partial charge on any atom is 0.226 e. The molecule has 4 rings (SSSR count). The molecule has 1 aliphatic heterocycles. The predicted octanol–water partition coefficient (Wildman–Crippen LogP) is 5.00. The first-order valence-electron chi connectivity index (χ1n) is 9.00. The zero-order valence-corrected chi connectivity index (χ0v) is 16.5. The highest BCUT2D eigenvalue weighted by molar-refractivity contribution is 6.32. The van der Waals surface area contributed by atoms with Crippen LogP contribution >= 0.6 is 23.2 Å². The number of ether oxygens (including phenoxy) is 1. The molecule has 0 saturated carbocycles. The lowest BCUT2D eigenvalue weighted by Crippen LogP contribution is -2.36. The molecule has 5 nitrogen and oxygen atoms in total. The first-order valence-corrected chi connectivity index (χ1v) is 9.76. The Kier molecular flexibility index (Phi) is 5.55. The monoisotopic (exact) mass is 416 g/mol. The minimum atomic E-state index is 0.0287. The van der Waals surface area contributed by atoms with E-state index >= 15 is 0 Å². The summed E-state index contributed by atoms with van der Waals surface area (Å²) in [6.45, 7) is 1.37. The summed E-state index contributed by atoms with van der Waals surface area (Å²) < 4.78 is 11.2. The van der Waals surface area contributed by atoms with Crippen molar-refractivity contribution in [1.82, 2.24) is 10.1 Å². The molecule has 1 aromatic heterocycles. The summed E-state index contributed by atoms with van der Waals surface area (Å²) in [5.74, 6) is 1.31. The van der Waals surface area contributed by atoms with Crippen LogP contribution in [0.4, 0.5) is 0 Å². The van der Waals surface area contributed by atoms with Crippen LogP contribution in [0.25, 0.3) is 11.3 Å². The molecule has 3 aromatic rings. The molecule has 0 fully saturated rings. The number of nitrogens with zero attached hydrogens (tertiary/aromatic N) is 2. The standard InChI is InChI=1S/C21H18Cl2N2O3/c22-15-7-5-14(6-8-15)21-16-13-25(11-9-18(16)24-28-21)20(26)10-12-27-19-4-2-1-3-17(19)23/h1-8H,9-13H2. The number of para-hydroxylation sites is 1. The van der Waals surface area contributed by atoms with Crippen molar-refractivity contribution in [2.24, 2.45) is 0 Å². The van der Waals surface area contributed by atoms with E-state index < -0.39 is 0 Å². The van der Waals surface area contributed by atoms with Crippen LogP contribution in [0.3, 0.4) is 0 Å². The largest absolute Gasteiger partial charge is 0.491 e. The lowest BCUT2D eigenvalue weighted by molar-refractivity contribution is -0.132. The van der Waals surface area contributed by atoms with Gasteiger partial charge in [0.1, 0.15) is 5.75 Å². The van der Waals surface area contributed by atoms with Crippen LogP contribution in [0, 0.1) is 0 Å². The van der Waals surface area contributed by atoms with Gasteiger partial charge in [-0.2, -0.15) is 0 Å². The predicted molar refractivity (Wildman–Crippen MR) is 108 cm³/mol. The zero-order chi connectivity index (χ0) is 19.5. The third-order valence-corrected chi connectivity index (χ3v) is 5.27. The van der Waals surface area contributed by atoms with Crippen molar-refractivity contribution in [2.45, 2.75) is 19.4 Å². The van der Waals surface area contributed by atoms with Crippen molar-refractivity contribution in [3.63, 3.8) is 0 Å². The Bertz CT molecular complexity index is 986. The number of fused-ring (bicyclic) bond motifs is 1. The van der Waals surface area contributed by atoms with Gasteiger partial charge < -0.3 is 14.2 Å². The van der Waals surface area contributed by atoms with Gasteiger partial charge in [-0.3, -0.25) is 4.79 Å². The molecule has 7 heteroatoms. The molecular formula is C21H18Cl2N2O3. The van der Waals surface area contributed by atoms with Crippen molar-refractivity contribution >= 4 is 29.1 Å². The molecule has 0 radical (unpaired) electrons. The fraction of sp³-hybridized carbons (Fsp3) is 0.238. The number of carbonyl (C=O) groups is 1. The number of benzene rings is 2. The minimum Gasteiger partial charge on any atom is -0.491 e. The van der Waals surface area contributed by atoms with E-state index in [4.69, 9.17) is 32.5 Å². The maximum absolute atomic E-state index is 12.6. The Hall–Kier alpha value is -2.50. The SMILES string of the molecule is O=C(CCOc1ccccc1Cl)N1CCc2noc(-c3ccc(Cl)cc3)c2C1. The summed E-state index contributed by atoms with van der Waals surface area (Å²) in [7, 11) is 0. The van der Waals surface area contributed by atoms with Gasteiger partial charge >= 0.3 is 0 Å². The average Bonchev–Trinajstić information content (AvgIpc) is 3.13. The Morgan fingerprint density at radius 3 is 2.71 bits per heavy atom. The average molecular weight is 417 g/mol. The quantitative estimate of drug-likeness (QED) is 0.586. The summed E-state index contributed by atoms with van der Waals surface area (Å²) in [5.41, 5.74) is 2.75. The van der Waals surface area contributed by atoms with Crippen molar-refractivity contribution in [3.8, 4) is 17.1 Å². The van der Waals surface area contributed by atoms with E-state index in [1.807, 2.05) is 41.3 Å². The molecule has 28 heavy (non-hydrogen) atoms. The van der Waals surface area contributed by atoms with E-state index in [2.05, 4.69) is 5.16 Å². The lowest BCUT2D eigenvalue weighted by Gasteiger charge is -2.26. The first kappa shape index (κ1) is 18.8. The lowest BCUT2D eigenvalue weighted by atomic mass is 10.0. The molecule has 0 unspecified atom stereocenters. The molecule has 2 aromatic carbocycles. The number of hydrogen-bond donors (Lipinski definition) is 0. The van der Waals surface area contributed by atoms with E-state index in [1.54, 1.807) is 12.1 Å². The van der Waals surface area contributed by atoms with Gasteiger partial charge in [0.05, 0.1) is 30.3 Å². The molecule has 1 aliphatic rings. The number of aromatic nitrogens is 1. The molecule has 0 spiro atoms. The van der Waals surface area contributed by atoms with Gasteiger partial charge in [-0.1, -0.05) is 40.5 Å². The smallest absolute Gasteiger partial charge is 0.226 e. The highest BCUT2D eigenvalue weighted by Crippen LogP contribution is 2.31. The molecule has 2 heterocycles. The normalized spacial score (nSPS) is 13.3. The van der Waals surface area contributed by atoms with Crippen LogP contribution in [0.1, 0.15) is 17.7 Å². The topological polar surface area (TPSA) is 55.6 Å². The summed E-state index contributed by atoms with van der Waals surface area (Å²) in [6, 6.07) is 14.6. The second-order valence-corrected chi connectivity index (χ2v) is 7.38. The van der Waals surface area contributed by atoms with Gasteiger partial charge in [0.25, 0.3) is 0 Å². The Morgan fingerprint density at radius 2 is 1.93 bits per heavy atom. The van der Waals surface area contributed by atoms with E-state index in [0.29, 0.717) is 41.1 Å². The first-order chi connectivity index (χ1) is 13.6. The third-order valence-electron chi connectivity index (χ3n) is 4.71. The van der Waals surface area contributed by atoms with E-state index in [-0.39, 0.29) is 18.9 Å². The maximum atomic E-state index is 12.6. The van der Waals surface area contributed by atoms with Gasteiger partial charge in [-0.05, 0) is 36.4 Å². The summed E-state index contributed by atoms with van der Waals surface area (Å²) >= 11 is 12.0. The zero-order valence-electron chi connectivity index (χ0n) is 15.0. The van der Waals surface area contributed by atoms with E-state index in [1.165, 1.54) is 0 Å². The van der Waals surface area contributed by atoms with Crippen LogP contribution in [-0.4, -0.2) is 29.1 Å². The van der Waals surface area contributed by atoms with Crippen molar-refractivity contribution in [1.29, 1.82) is 0 Å². The molecule has 0 saturated heterocycles. The van der Waals surface area contributed by atoms with Crippen molar-refractivity contribution in [2.75, 3.05) is 13.2 Å². The fourth-order valence-electron chi connectivity index (χ4n) is 3.22. The van der Waals surface area contributed by atoms with Crippen LogP contribution < -0.4 is 4.74 Å². The molecule has 0 aliphatic carbocycles. The number of amides is 1. The second kappa shape index (κ2) is 8.25. The van der Waals surface area contributed by atoms with E-state index in [0.717, 1.165) is 16.8 Å². The number of rotatable bonds is 5. The van der Waals surface area contributed by atoms with Crippen LogP contribution in [-0.2, 0) is 17.8 Å². The van der Waals surface area contributed by atoms with Crippen molar-refractivity contribution in [3.05, 3.63) is 69.8 Å². The van der Waals surface area contributed by atoms with Crippen LogP contribution in [0.5, 0.6) is 5.75 Å². The third kappa shape index (κ3) is 4.01. The molecule has 0 atom stereocenters. The van der Waals surface area contributed by atoms with Gasteiger partial charge in [0, 0.05) is 29.1 Å². The van der Waals surface area contributed by atoms with Crippen molar-refractivity contribution < 1.29 is 14.1 Å². The van der Waals surface area contributed by atoms with Crippen LogP contribution in [0.15, 0.2) is 53.1 Å². The Balaban J connectivity index is 1.40. The highest BCUT2D eigenvalue weighted by atomic mass is 35.5. The summed E-state index contributed by atoms with van der Waals surface area (Å²) in [4.78, 5) is 14.5. The van der Waals surface area contributed by atoms with Gasteiger partial charge in [0.2, 0.25) is 5.91 Å².